The van der Waals surface area contributed by atoms with Crippen molar-refractivity contribution in [2.75, 3.05) is 14.2 Å². The van der Waals surface area contributed by atoms with Gasteiger partial charge in [-0.2, -0.15) is 0 Å². The van der Waals surface area contributed by atoms with Crippen molar-refractivity contribution in [3.8, 4) is 22.1 Å². The number of nitrogens with two attached hydrogens (primary N) is 1. The van der Waals surface area contributed by atoms with Gasteiger partial charge in [0.05, 0.1) is 25.5 Å². The van der Waals surface area contributed by atoms with Crippen molar-refractivity contribution in [1.82, 2.24) is 4.98 Å². The van der Waals surface area contributed by atoms with E-state index in [1.807, 2.05) is 30.5 Å². The van der Waals surface area contributed by atoms with E-state index in [1.165, 1.54) is 0 Å². The number of benzene rings is 1. The van der Waals surface area contributed by atoms with Gasteiger partial charge >= 0.3 is 0 Å². The van der Waals surface area contributed by atoms with Gasteiger partial charge < -0.3 is 15.2 Å². The van der Waals surface area contributed by atoms with Gasteiger partial charge in [-0.1, -0.05) is 0 Å². The van der Waals surface area contributed by atoms with E-state index in [4.69, 9.17) is 15.2 Å². The fraction of sp³-hybridized carbons (Fsp3) is 0.308. The van der Waals surface area contributed by atoms with Gasteiger partial charge in [0.25, 0.3) is 0 Å². The first-order chi connectivity index (χ1) is 8.65. The lowest BCUT2D eigenvalue weighted by atomic mass is 10.2. The largest absolute Gasteiger partial charge is 0.497 e. The van der Waals surface area contributed by atoms with Gasteiger partial charge in [0, 0.05) is 17.5 Å². The number of nitrogens with zero attached hydrogens (tertiary/aromatic N) is 1. The molecule has 2 N–H and O–H groups in total. The van der Waals surface area contributed by atoms with E-state index in [1.54, 1.807) is 25.6 Å². The minimum atomic E-state index is -0.0563. The second-order valence-electron chi connectivity index (χ2n) is 3.93. The molecule has 1 heterocycles. The first kappa shape index (κ1) is 12.9. The Morgan fingerprint density at radius 3 is 2.61 bits per heavy atom. The first-order valence-corrected chi connectivity index (χ1v) is 6.47. The number of hydrogen-bond donors (Lipinski definition) is 1. The molecule has 5 heteroatoms. The zero-order chi connectivity index (χ0) is 13.1. The summed E-state index contributed by atoms with van der Waals surface area (Å²) in [6.07, 6.45) is 0. The summed E-state index contributed by atoms with van der Waals surface area (Å²) >= 11 is 1.56. The number of ether oxygens (including phenoxy) is 2. The summed E-state index contributed by atoms with van der Waals surface area (Å²) in [6, 6.07) is 5.63. The fourth-order valence-electron chi connectivity index (χ4n) is 1.59. The molecule has 0 aliphatic heterocycles. The maximum Gasteiger partial charge on any atom is 0.132 e. The van der Waals surface area contributed by atoms with Crippen molar-refractivity contribution in [3.05, 3.63) is 29.3 Å². The van der Waals surface area contributed by atoms with E-state index in [9.17, 15) is 0 Å². The molecule has 0 radical (unpaired) electrons. The molecule has 0 spiro atoms. The predicted octanol–water partition coefficient (Wildman–Crippen LogP) is 2.85. The smallest absolute Gasteiger partial charge is 0.132 e. The molecule has 2 rings (SSSR count). The molecule has 4 nitrogen and oxygen atoms in total. The van der Waals surface area contributed by atoms with Crippen LogP contribution in [0.15, 0.2) is 23.6 Å². The van der Waals surface area contributed by atoms with Crippen LogP contribution in [0.1, 0.15) is 18.7 Å². The van der Waals surface area contributed by atoms with E-state index in [0.717, 1.165) is 27.8 Å². The van der Waals surface area contributed by atoms with Crippen LogP contribution in [0.3, 0.4) is 0 Å². The molecule has 0 bridgehead atoms. The molecule has 1 unspecified atom stereocenters. The summed E-state index contributed by atoms with van der Waals surface area (Å²) in [5, 5.41) is 2.88. The molecular formula is C13H16N2O2S. The number of hydrogen-bond acceptors (Lipinski definition) is 5. The third-order valence-electron chi connectivity index (χ3n) is 2.63. The van der Waals surface area contributed by atoms with Crippen molar-refractivity contribution >= 4 is 11.3 Å². The standard InChI is InChI=1S/C13H16N2O2S/c1-8(14)11-7-18-13(15-11)10-5-4-9(16-2)6-12(10)17-3/h4-8H,14H2,1-3H3. The highest BCUT2D eigenvalue weighted by atomic mass is 32.1. The molecule has 18 heavy (non-hydrogen) atoms. The Kier molecular flexibility index (Phi) is 3.84. The monoisotopic (exact) mass is 264 g/mol. The van der Waals surface area contributed by atoms with Crippen LogP contribution in [-0.2, 0) is 0 Å². The Bertz CT molecular complexity index is 538. The quantitative estimate of drug-likeness (QED) is 0.922. The Labute approximate surface area is 110 Å². The average molecular weight is 264 g/mol. The van der Waals surface area contributed by atoms with Crippen LogP contribution in [0.5, 0.6) is 11.5 Å². The second kappa shape index (κ2) is 5.37. The molecule has 1 atom stereocenters. The van der Waals surface area contributed by atoms with Crippen LogP contribution < -0.4 is 15.2 Å². The van der Waals surface area contributed by atoms with Crippen LogP contribution in [0.2, 0.25) is 0 Å². The van der Waals surface area contributed by atoms with Crippen LogP contribution in [-0.4, -0.2) is 19.2 Å². The summed E-state index contributed by atoms with van der Waals surface area (Å²) in [6.45, 7) is 1.92. The Morgan fingerprint density at radius 2 is 2.06 bits per heavy atom. The summed E-state index contributed by atoms with van der Waals surface area (Å²) < 4.78 is 10.5. The third kappa shape index (κ3) is 2.47. The SMILES string of the molecule is COc1ccc(-c2nc(C(C)N)cs2)c(OC)c1. The molecule has 1 aromatic heterocycles. The van der Waals surface area contributed by atoms with Gasteiger partial charge in [0.2, 0.25) is 0 Å². The molecule has 0 fully saturated rings. The molecule has 0 amide bonds. The number of methoxy groups -OCH3 is 2. The number of thiazole rings is 1. The van der Waals surface area contributed by atoms with Gasteiger partial charge in [0.1, 0.15) is 16.5 Å². The lowest BCUT2D eigenvalue weighted by Gasteiger charge is -2.08. The van der Waals surface area contributed by atoms with Gasteiger partial charge in [-0.3, -0.25) is 0 Å². The third-order valence-corrected chi connectivity index (χ3v) is 3.52. The zero-order valence-electron chi connectivity index (χ0n) is 10.6. The van der Waals surface area contributed by atoms with Crippen LogP contribution in [0, 0.1) is 0 Å². The maximum absolute atomic E-state index is 5.81. The second-order valence-corrected chi connectivity index (χ2v) is 4.79. The van der Waals surface area contributed by atoms with Gasteiger partial charge in [-0.05, 0) is 19.1 Å². The highest BCUT2D eigenvalue weighted by molar-refractivity contribution is 7.13. The van der Waals surface area contributed by atoms with Crippen molar-refractivity contribution in [2.45, 2.75) is 13.0 Å². The molecule has 0 saturated heterocycles. The average Bonchev–Trinajstić information content (AvgIpc) is 2.87. The van der Waals surface area contributed by atoms with Crippen LogP contribution in [0.25, 0.3) is 10.6 Å². The minimum Gasteiger partial charge on any atom is -0.497 e. The van der Waals surface area contributed by atoms with E-state index < -0.39 is 0 Å². The highest BCUT2D eigenvalue weighted by Crippen LogP contribution is 2.35. The van der Waals surface area contributed by atoms with Crippen molar-refractivity contribution < 1.29 is 9.47 Å². The molecule has 0 aliphatic rings. The number of aromatic nitrogens is 1. The predicted molar refractivity (Wildman–Crippen MR) is 73.3 cm³/mol. The van der Waals surface area contributed by atoms with E-state index >= 15 is 0 Å². The lowest BCUT2D eigenvalue weighted by molar-refractivity contribution is 0.395. The van der Waals surface area contributed by atoms with Crippen LogP contribution in [0.4, 0.5) is 0 Å². The van der Waals surface area contributed by atoms with Crippen LogP contribution >= 0.6 is 11.3 Å². The van der Waals surface area contributed by atoms with Gasteiger partial charge in [-0.25, -0.2) is 4.98 Å². The first-order valence-electron chi connectivity index (χ1n) is 5.59. The summed E-state index contributed by atoms with van der Waals surface area (Å²) in [7, 11) is 3.27. The van der Waals surface area contributed by atoms with Crippen molar-refractivity contribution in [1.29, 1.82) is 0 Å². The molecular weight excluding hydrogens is 248 g/mol. The molecule has 0 saturated carbocycles. The topological polar surface area (TPSA) is 57.4 Å². The van der Waals surface area contributed by atoms with E-state index in [2.05, 4.69) is 4.98 Å². The van der Waals surface area contributed by atoms with E-state index in [0.29, 0.717) is 0 Å². The van der Waals surface area contributed by atoms with E-state index in [-0.39, 0.29) is 6.04 Å². The minimum absolute atomic E-state index is 0.0563. The normalized spacial score (nSPS) is 12.2. The zero-order valence-corrected chi connectivity index (χ0v) is 11.5. The summed E-state index contributed by atoms with van der Waals surface area (Å²) in [5.74, 6) is 1.51. The summed E-state index contributed by atoms with van der Waals surface area (Å²) in [5.41, 5.74) is 7.66. The highest BCUT2D eigenvalue weighted by Gasteiger charge is 2.12. The Hall–Kier alpha value is -1.59. The van der Waals surface area contributed by atoms with Crippen molar-refractivity contribution in [3.63, 3.8) is 0 Å². The molecule has 0 aliphatic carbocycles. The van der Waals surface area contributed by atoms with Crippen molar-refractivity contribution in [2.24, 2.45) is 5.73 Å². The summed E-state index contributed by atoms with van der Waals surface area (Å²) in [4.78, 5) is 4.52. The lowest BCUT2D eigenvalue weighted by Crippen LogP contribution is -2.04. The van der Waals surface area contributed by atoms with Gasteiger partial charge in [0.15, 0.2) is 0 Å². The molecule has 96 valence electrons. The Balaban J connectivity index is 2.42. The molecule has 2 aromatic rings. The maximum atomic E-state index is 5.81. The van der Waals surface area contributed by atoms with Gasteiger partial charge in [-0.15, -0.1) is 11.3 Å². The molecule has 1 aromatic carbocycles. The Morgan fingerprint density at radius 1 is 1.28 bits per heavy atom. The fourth-order valence-corrected chi connectivity index (χ4v) is 2.55. The number of rotatable bonds is 4.